The monoisotopic (exact) mass is 403 g/mol. The van der Waals surface area contributed by atoms with Crippen LogP contribution in [-0.4, -0.2) is 29.8 Å². The second-order valence-corrected chi connectivity index (χ2v) is 6.40. The largest absolute Gasteiger partial charge is 0.333 e. The van der Waals surface area contributed by atoms with E-state index in [0.29, 0.717) is 31.0 Å². The number of halogens is 3. The van der Waals surface area contributed by atoms with Crippen molar-refractivity contribution in [3.05, 3.63) is 65.0 Å². The Morgan fingerprint density at radius 3 is 2.38 bits per heavy atom. The van der Waals surface area contributed by atoms with E-state index >= 15 is 0 Å². The number of hydrogen-bond acceptors (Lipinski definition) is 3. The summed E-state index contributed by atoms with van der Waals surface area (Å²) in [6.07, 6.45) is 1.19. The lowest BCUT2D eigenvalue weighted by molar-refractivity contribution is -0.134. The van der Waals surface area contributed by atoms with Crippen molar-refractivity contribution in [3.63, 3.8) is 0 Å². The Hall–Kier alpha value is -3.34. The quantitative estimate of drug-likeness (QED) is 0.682. The Labute approximate surface area is 166 Å². The fraction of sp³-hybridized carbons (Fsp3) is 0.286. The number of benzene rings is 2. The summed E-state index contributed by atoms with van der Waals surface area (Å²) in [5.74, 6) is -5.50. The molecular weight excluding hydrogens is 383 g/mol. The van der Waals surface area contributed by atoms with Crippen molar-refractivity contribution >= 4 is 17.5 Å². The summed E-state index contributed by atoms with van der Waals surface area (Å²) < 4.78 is 40.0. The van der Waals surface area contributed by atoms with Gasteiger partial charge in [-0.2, -0.15) is 5.26 Å². The van der Waals surface area contributed by atoms with E-state index in [-0.39, 0.29) is 18.9 Å². The third kappa shape index (κ3) is 6.07. The first kappa shape index (κ1) is 22.0. The summed E-state index contributed by atoms with van der Waals surface area (Å²) in [6.45, 7) is 1.83. The van der Waals surface area contributed by atoms with E-state index in [1.165, 1.54) is 4.90 Å². The fourth-order valence-electron chi connectivity index (χ4n) is 2.70. The molecule has 0 saturated heterocycles. The maximum atomic E-state index is 13.7. The minimum Gasteiger partial charge on any atom is -0.333 e. The predicted molar refractivity (Wildman–Crippen MR) is 101 cm³/mol. The van der Waals surface area contributed by atoms with Crippen LogP contribution in [0.1, 0.15) is 30.9 Å². The fourth-order valence-corrected chi connectivity index (χ4v) is 2.70. The molecule has 29 heavy (non-hydrogen) atoms. The highest BCUT2D eigenvalue weighted by atomic mass is 19.2. The second-order valence-electron chi connectivity index (χ2n) is 6.40. The van der Waals surface area contributed by atoms with Crippen LogP contribution in [0.2, 0.25) is 0 Å². The second kappa shape index (κ2) is 10.3. The number of amides is 2. The van der Waals surface area contributed by atoms with Gasteiger partial charge in [-0.15, -0.1) is 0 Å². The first-order valence-electron chi connectivity index (χ1n) is 9.05. The molecule has 0 fully saturated rings. The molecule has 0 radical (unpaired) electrons. The number of nitrogens with one attached hydrogen (secondary N) is 1. The summed E-state index contributed by atoms with van der Waals surface area (Å²) in [4.78, 5) is 26.0. The van der Waals surface area contributed by atoms with E-state index in [0.717, 1.165) is 11.6 Å². The van der Waals surface area contributed by atoms with E-state index in [9.17, 15) is 22.8 Å². The number of nitriles is 1. The number of hydrogen-bond donors (Lipinski definition) is 1. The zero-order valence-electron chi connectivity index (χ0n) is 15.8. The Morgan fingerprint density at radius 1 is 1.07 bits per heavy atom. The average Bonchev–Trinajstić information content (AvgIpc) is 2.72. The van der Waals surface area contributed by atoms with Crippen molar-refractivity contribution in [3.8, 4) is 6.07 Å². The van der Waals surface area contributed by atoms with Crippen LogP contribution in [0.3, 0.4) is 0 Å². The minimum absolute atomic E-state index is 0.152. The van der Waals surface area contributed by atoms with Gasteiger partial charge in [0.1, 0.15) is 0 Å². The van der Waals surface area contributed by atoms with Gasteiger partial charge in [0.05, 0.1) is 23.9 Å². The molecule has 0 spiro atoms. The molecule has 8 heteroatoms. The number of nitrogens with zero attached hydrogens (tertiary/aromatic N) is 2. The zero-order chi connectivity index (χ0) is 21.4. The minimum atomic E-state index is -1.67. The van der Waals surface area contributed by atoms with E-state index in [2.05, 4.69) is 5.32 Å². The molecule has 2 aromatic rings. The third-order valence-electron chi connectivity index (χ3n) is 4.20. The van der Waals surface area contributed by atoms with E-state index < -0.39 is 29.0 Å². The van der Waals surface area contributed by atoms with Gasteiger partial charge in [-0.3, -0.25) is 9.59 Å². The van der Waals surface area contributed by atoms with Crippen LogP contribution in [0.25, 0.3) is 0 Å². The van der Waals surface area contributed by atoms with Gasteiger partial charge in [-0.1, -0.05) is 19.1 Å². The third-order valence-corrected chi connectivity index (χ3v) is 4.20. The Balaban J connectivity index is 1.97. The summed E-state index contributed by atoms with van der Waals surface area (Å²) in [6, 6.07) is 10.5. The average molecular weight is 403 g/mol. The van der Waals surface area contributed by atoms with Crippen LogP contribution >= 0.6 is 0 Å². The molecule has 0 aliphatic heterocycles. The number of anilines is 1. The molecule has 152 valence electrons. The maximum Gasteiger partial charge on any atom is 0.244 e. The molecular formula is C21H20F3N3O2. The Morgan fingerprint density at radius 2 is 1.76 bits per heavy atom. The first-order chi connectivity index (χ1) is 13.8. The van der Waals surface area contributed by atoms with Gasteiger partial charge in [0.25, 0.3) is 0 Å². The van der Waals surface area contributed by atoms with Gasteiger partial charge >= 0.3 is 0 Å². The summed E-state index contributed by atoms with van der Waals surface area (Å²) in [5.41, 5.74) is 0.909. The van der Waals surface area contributed by atoms with Gasteiger partial charge in [0.15, 0.2) is 17.5 Å². The van der Waals surface area contributed by atoms with Crippen LogP contribution in [-0.2, 0) is 16.0 Å². The highest BCUT2D eigenvalue weighted by Gasteiger charge is 2.19. The number of carbonyl (C=O) groups is 2. The molecule has 5 nitrogen and oxygen atoms in total. The first-order valence-corrected chi connectivity index (χ1v) is 9.05. The number of aryl methyl sites for hydroxylation is 1. The smallest absolute Gasteiger partial charge is 0.244 e. The van der Waals surface area contributed by atoms with Gasteiger partial charge in [0, 0.05) is 13.0 Å². The molecule has 0 heterocycles. The van der Waals surface area contributed by atoms with E-state index in [4.69, 9.17) is 5.26 Å². The lowest BCUT2D eigenvalue weighted by Crippen LogP contribution is -2.38. The molecule has 0 atom stereocenters. The van der Waals surface area contributed by atoms with Crippen molar-refractivity contribution < 1.29 is 22.8 Å². The van der Waals surface area contributed by atoms with Crippen LogP contribution in [0.5, 0.6) is 0 Å². The molecule has 0 aliphatic rings. The molecule has 2 amide bonds. The lowest BCUT2D eigenvalue weighted by Gasteiger charge is -2.22. The summed E-state index contributed by atoms with van der Waals surface area (Å²) in [5, 5.41) is 11.0. The maximum absolute atomic E-state index is 13.7. The molecule has 1 N–H and O–H groups in total. The van der Waals surface area contributed by atoms with Gasteiger partial charge < -0.3 is 10.2 Å². The van der Waals surface area contributed by atoms with Crippen molar-refractivity contribution in [2.75, 3.05) is 18.4 Å². The summed E-state index contributed by atoms with van der Waals surface area (Å²) >= 11 is 0. The van der Waals surface area contributed by atoms with Crippen molar-refractivity contribution in [1.82, 2.24) is 4.90 Å². The van der Waals surface area contributed by atoms with Crippen LogP contribution < -0.4 is 5.32 Å². The molecule has 2 aromatic carbocycles. The van der Waals surface area contributed by atoms with Gasteiger partial charge in [-0.25, -0.2) is 13.2 Å². The Kier molecular flexibility index (Phi) is 7.78. The molecule has 0 aliphatic carbocycles. The van der Waals surface area contributed by atoms with E-state index in [1.54, 1.807) is 24.3 Å². The highest BCUT2D eigenvalue weighted by Crippen LogP contribution is 2.19. The molecule has 0 saturated carbocycles. The van der Waals surface area contributed by atoms with Crippen molar-refractivity contribution in [2.24, 2.45) is 0 Å². The Bertz CT molecular complexity index is 924. The van der Waals surface area contributed by atoms with E-state index in [1.807, 2.05) is 13.0 Å². The van der Waals surface area contributed by atoms with Crippen molar-refractivity contribution in [2.45, 2.75) is 26.2 Å². The molecule has 0 bridgehead atoms. The van der Waals surface area contributed by atoms with Gasteiger partial charge in [-0.05, 0) is 42.7 Å². The molecule has 0 unspecified atom stereocenters. The van der Waals surface area contributed by atoms with Crippen molar-refractivity contribution in [1.29, 1.82) is 5.26 Å². The highest BCUT2D eigenvalue weighted by molar-refractivity contribution is 5.94. The zero-order valence-corrected chi connectivity index (χ0v) is 15.8. The van der Waals surface area contributed by atoms with Crippen LogP contribution in [0, 0.1) is 28.8 Å². The number of rotatable bonds is 8. The van der Waals surface area contributed by atoms with Crippen LogP contribution in [0.4, 0.5) is 18.9 Å². The number of carbonyl (C=O) groups excluding carboxylic acids is 2. The van der Waals surface area contributed by atoms with Crippen LogP contribution in [0.15, 0.2) is 36.4 Å². The summed E-state index contributed by atoms with van der Waals surface area (Å²) in [7, 11) is 0. The van der Waals surface area contributed by atoms with Gasteiger partial charge in [0.2, 0.25) is 11.8 Å². The molecule has 2 rings (SSSR count). The topological polar surface area (TPSA) is 73.2 Å². The lowest BCUT2D eigenvalue weighted by atomic mass is 10.1. The SMILES string of the molecule is CCCN(CC(=O)Nc1ccc(F)c(F)c1F)C(=O)CCc1ccc(C#N)cc1. The standard InChI is InChI=1S/C21H20F3N3O2/c1-2-11-27(19(29)10-7-14-3-5-15(12-25)6-4-14)13-18(28)26-17-9-8-16(22)20(23)21(17)24/h3-6,8-9H,2,7,10-11,13H2,1H3,(H,26,28). The molecule has 0 aromatic heterocycles. The normalized spacial score (nSPS) is 10.3. The predicted octanol–water partition coefficient (Wildman–Crippen LogP) is 3.79.